The monoisotopic (exact) mass is 497 g/mol. The molecule has 0 saturated heterocycles. The Morgan fingerprint density at radius 1 is 1.10 bits per heavy atom. The maximum Gasteiger partial charge on any atom is 0.180 e. The van der Waals surface area contributed by atoms with Crippen LogP contribution in [0.15, 0.2) is 47.4 Å². The highest BCUT2D eigenvalue weighted by molar-refractivity contribution is 7.92. The Kier molecular flexibility index (Phi) is 6.48. The van der Waals surface area contributed by atoms with E-state index in [1.165, 1.54) is 22.6 Å². The molecule has 2 aromatic carbocycles. The molecule has 2 heterocycles. The number of sulfone groups is 1. The number of benzene rings is 2. The van der Waals surface area contributed by atoms with Gasteiger partial charge in [-0.15, -0.1) is 11.3 Å². The fourth-order valence-corrected chi connectivity index (χ4v) is 6.35. The van der Waals surface area contributed by atoms with Gasteiger partial charge >= 0.3 is 0 Å². The zero-order valence-electron chi connectivity index (χ0n) is 17.2. The van der Waals surface area contributed by atoms with Crippen molar-refractivity contribution in [3.63, 3.8) is 0 Å². The lowest BCUT2D eigenvalue weighted by Gasteiger charge is -2.27. The highest BCUT2D eigenvalue weighted by Crippen LogP contribution is 2.36. The third-order valence-electron chi connectivity index (χ3n) is 5.52. The van der Waals surface area contributed by atoms with Gasteiger partial charge in [0, 0.05) is 34.4 Å². The van der Waals surface area contributed by atoms with E-state index in [0.717, 1.165) is 35.5 Å². The molecule has 1 aliphatic rings. The van der Waals surface area contributed by atoms with Crippen LogP contribution < -0.4 is 0 Å². The molecule has 164 valence electrons. The molecule has 1 aromatic heterocycles. The number of fused-ring (bicyclic) bond motifs is 1. The average Bonchev–Trinajstić information content (AvgIpc) is 3.15. The van der Waals surface area contributed by atoms with Gasteiger partial charge in [0.2, 0.25) is 0 Å². The smallest absolute Gasteiger partial charge is 0.180 e. The first-order valence-electron chi connectivity index (χ1n) is 9.97. The minimum Gasteiger partial charge on any atom is -0.294 e. The van der Waals surface area contributed by atoms with Crippen molar-refractivity contribution in [2.75, 3.05) is 6.54 Å². The molecule has 1 aliphatic heterocycles. The van der Waals surface area contributed by atoms with Crippen LogP contribution in [0.25, 0.3) is 10.4 Å². The van der Waals surface area contributed by atoms with E-state index in [-0.39, 0.29) is 5.02 Å². The van der Waals surface area contributed by atoms with Crippen LogP contribution in [0.2, 0.25) is 10.0 Å². The second-order valence-electron chi connectivity index (χ2n) is 8.00. The minimum absolute atomic E-state index is 0.0318. The number of thiophene rings is 1. The normalized spacial score (nSPS) is 14.8. The number of hydrogen-bond acceptors (Lipinski definition) is 4. The Morgan fingerprint density at radius 2 is 1.81 bits per heavy atom. The van der Waals surface area contributed by atoms with Gasteiger partial charge in [-0.2, -0.15) is 0 Å². The number of rotatable bonds is 5. The predicted octanol–water partition coefficient (Wildman–Crippen LogP) is 6.60. The summed E-state index contributed by atoms with van der Waals surface area (Å²) in [5.74, 6) is -0.459. The molecule has 31 heavy (non-hydrogen) atoms. The van der Waals surface area contributed by atoms with Crippen molar-refractivity contribution in [2.24, 2.45) is 0 Å². The molecule has 8 heteroatoms. The van der Waals surface area contributed by atoms with E-state index in [2.05, 4.69) is 11.0 Å². The van der Waals surface area contributed by atoms with Gasteiger partial charge in [-0.3, -0.25) is 4.90 Å². The molecular weight excluding hydrogens is 476 g/mol. The van der Waals surface area contributed by atoms with E-state index in [9.17, 15) is 12.8 Å². The van der Waals surface area contributed by atoms with Gasteiger partial charge in [0.25, 0.3) is 0 Å². The van der Waals surface area contributed by atoms with Crippen molar-refractivity contribution in [1.29, 1.82) is 0 Å². The van der Waals surface area contributed by atoms with Crippen molar-refractivity contribution >= 4 is 44.4 Å². The fourth-order valence-electron chi connectivity index (χ4n) is 3.68. The van der Waals surface area contributed by atoms with E-state index >= 15 is 0 Å². The lowest BCUT2D eigenvalue weighted by molar-refractivity contribution is 0.247. The maximum absolute atomic E-state index is 13.8. The molecule has 0 spiro atoms. The molecule has 3 aromatic rings. The average molecular weight is 498 g/mol. The van der Waals surface area contributed by atoms with Crippen LogP contribution in [0.1, 0.15) is 29.9 Å². The number of halogens is 3. The molecule has 0 fully saturated rings. The van der Waals surface area contributed by atoms with Crippen molar-refractivity contribution in [3.05, 3.63) is 74.3 Å². The van der Waals surface area contributed by atoms with Crippen LogP contribution in [-0.2, 0) is 29.3 Å². The molecule has 0 N–H and O–H groups in total. The predicted molar refractivity (Wildman–Crippen MR) is 126 cm³/mol. The Balaban J connectivity index is 1.52. The molecule has 0 atom stereocenters. The summed E-state index contributed by atoms with van der Waals surface area (Å²) in [6, 6.07) is 12.2. The third kappa shape index (κ3) is 4.69. The second-order valence-corrected chi connectivity index (χ2v) is 12.5. The van der Waals surface area contributed by atoms with Gasteiger partial charge in [0.05, 0.1) is 15.2 Å². The van der Waals surface area contributed by atoms with Crippen LogP contribution in [-0.4, -0.2) is 25.1 Å². The topological polar surface area (TPSA) is 37.4 Å². The Labute approximate surface area is 196 Å². The van der Waals surface area contributed by atoms with Gasteiger partial charge in [-0.05, 0) is 67.3 Å². The standard InChI is InChI=1S/C23H22Cl2FNO2S2/c1-14(2)31(28,29)18-5-3-15(4-6-18)23-10-17-13-27(8-7-22(17)30-23)12-16-9-21(26)20(25)11-19(16)24/h3-6,9-11,14H,7-8,12-13H2,1-2H3. The summed E-state index contributed by atoms with van der Waals surface area (Å²) in [6.45, 7) is 5.55. The number of nitrogens with zero attached hydrogens (tertiary/aromatic N) is 1. The summed E-state index contributed by atoms with van der Waals surface area (Å²) >= 11 is 13.8. The Bertz CT molecular complexity index is 1220. The van der Waals surface area contributed by atoms with Gasteiger partial charge in [0.15, 0.2) is 9.84 Å². The summed E-state index contributed by atoms with van der Waals surface area (Å²) in [5, 5.41) is 0.0602. The Hall–Kier alpha value is -1.44. The first kappa shape index (κ1) is 22.7. The molecular formula is C23H22Cl2FNO2S2. The molecule has 0 bridgehead atoms. The van der Waals surface area contributed by atoms with Crippen molar-refractivity contribution < 1.29 is 12.8 Å². The summed E-state index contributed by atoms with van der Waals surface area (Å²) < 4.78 is 38.5. The molecule has 0 aliphatic carbocycles. The summed E-state index contributed by atoms with van der Waals surface area (Å²) in [4.78, 5) is 5.05. The van der Waals surface area contributed by atoms with Gasteiger partial charge in [-0.1, -0.05) is 35.3 Å². The zero-order valence-corrected chi connectivity index (χ0v) is 20.3. The quantitative estimate of drug-likeness (QED) is 0.372. The highest BCUT2D eigenvalue weighted by atomic mass is 35.5. The molecule has 0 unspecified atom stereocenters. The maximum atomic E-state index is 13.8. The molecule has 0 saturated carbocycles. The molecule has 0 radical (unpaired) electrons. The Morgan fingerprint density at radius 3 is 2.48 bits per heavy atom. The summed E-state index contributed by atoms with van der Waals surface area (Å²) in [5.41, 5.74) is 2.98. The van der Waals surface area contributed by atoms with E-state index in [1.54, 1.807) is 37.3 Å². The van der Waals surface area contributed by atoms with E-state index < -0.39 is 20.9 Å². The van der Waals surface area contributed by atoms with Gasteiger partial charge in [-0.25, -0.2) is 12.8 Å². The van der Waals surface area contributed by atoms with Crippen LogP contribution >= 0.6 is 34.5 Å². The fraction of sp³-hybridized carbons (Fsp3) is 0.304. The van der Waals surface area contributed by atoms with Crippen molar-refractivity contribution in [2.45, 2.75) is 43.5 Å². The van der Waals surface area contributed by atoms with E-state index in [0.29, 0.717) is 16.5 Å². The van der Waals surface area contributed by atoms with Gasteiger partial charge in [0.1, 0.15) is 5.82 Å². The van der Waals surface area contributed by atoms with E-state index in [4.69, 9.17) is 23.2 Å². The molecule has 0 amide bonds. The van der Waals surface area contributed by atoms with Crippen molar-refractivity contribution in [1.82, 2.24) is 4.90 Å². The summed E-state index contributed by atoms with van der Waals surface area (Å²) in [6.07, 6.45) is 0.910. The van der Waals surface area contributed by atoms with Crippen molar-refractivity contribution in [3.8, 4) is 10.4 Å². The van der Waals surface area contributed by atoms with Crippen LogP contribution in [0, 0.1) is 5.82 Å². The van der Waals surface area contributed by atoms with Crippen LogP contribution in [0.3, 0.4) is 0 Å². The van der Waals surface area contributed by atoms with Crippen LogP contribution in [0.5, 0.6) is 0 Å². The zero-order chi connectivity index (χ0) is 22.3. The molecule has 3 nitrogen and oxygen atoms in total. The first-order valence-corrected chi connectivity index (χ1v) is 13.1. The number of hydrogen-bond donors (Lipinski definition) is 0. The highest BCUT2D eigenvalue weighted by Gasteiger charge is 2.22. The third-order valence-corrected chi connectivity index (χ3v) is 9.62. The van der Waals surface area contributed by atoms with E-state index in [1.807, 2.05) is 12.1 Å². The van der Waals surface area contributed by atoms with Crippen LogP contribution in [0.4, 0.5) is 4.39 Å². The largest absolute Gasteiger partial charge is 0.294 e. The lowest BCUT2D eigenvalue weighted by Crippen LogP contribution is -2.29. The SMILES string of the molecule is CC(C)S(=O)(=O)c1ccc(-c2cc3c(s2)CCN(Cc2cc(F)c(Cl)cc2Cl)C3)cc1. The lowest BCUT2D eigenvalue weighted by atomic mass is 10.1. The summed E-state index contributed by atoms with van der Waals surface area (Å²) in [7, 11) is -3.27. The van der Waals surface area contributed by atoms with Gasteiger partial charge < -0.3 is 0 Å². The minimum atomic E-state index is -3.27. The first-order chi connectivity index (χ1) is 14.6. The second kappa shape index (κ2) is 8.83. The molecule has 4 rings (SSSR count).